The van der Waals surface area contributed by atoms with E-state index in [-0.39, 0.29) is 0 Å². The fraction of sp³-hybridized carbons (Fsp3) is 0.571. The summed E-state index contributed by atoms with van der Waals surface area (Å²) in [7, 11) is -0.876. The summed E-state index contributed by atoms with van der Waals surface area (Å²) in [5.74, 6) is 3.40. The lowest BCUT2D eigenvalue weighted by atomic mass is 10.2. The highest BCUT2D eigenvalue weighted by Gasteiger charge is 2.12. The van der Waals surface area contributed by atoms with Crippen LogP contribution in [0.3, 0.4) is 0 Å². The predicted octanol–water partition coefficient (Wildman–Crippen LogP) is 4.66. The van der Waals surface area contributed by atoms with Crippen LogP contribution in [-0.2, 0) is 5.75 Å². The zero-order valence-electron chi connectivity index (χ0n) is 11.5. The van der Waals surface area contributed by atoms with Gasteiger partial charge in [0.15, 0.2) is 0 Å². The molecule has 96 valence electrons. The second-order valence-electron chi connectivity index (χ2n) is 5.40. The monoisotopic (exact) mass is 268 g/mol. The number of thioether (sulfide) groups is 1. The van der Waals surface area contributed by atoms with Crippen LogP contribution >= 0.6 is 11.8 Å². The topological polar surface area (TPSA) is 9.23 Å². The normalized spacial score (nSPS) is 11.5. The van der Waals surface area contributed by atoms with Gasteiger partial charge in [0.1, 0.15) is 5.75 Å². The van der Waals surface area contributed by atoms with Crippen molar-refractivity contribution in [3.63, 3.8) is 0 Å². The summed E-state index contributed by atoms with van der Waals surface area (Å²) in [6, 6.07) is 9.77. The van der Waals surface area contributed by atoms with Gasteiger partial charge in [-0.25, -0.2) is 0 Å². The van der Waals surface area contributed by atoms with Crippen molar-refractivity contribution >= 4 is 19.8 Å². The van der Waals surface area contributed by atoms with E-state index in [0.717, 1.165) is 18.1 Å². The third kappa shape index (κ3) is 6.17. The summed E-state index contributed by atoms with van der Waals surface area (Å²) in [6.45, 7) is 10.1. The second-order valence-corrected chi connectivity index (χ2v) is 12.1. The Morgan fingerprint density at radius 2 is 1.88 bits per heavy atom. The van der Waals surface area contributed by atoms with Crippen molar-refractivity contribution in [3.05, 3.63) is 29.8 Å². The molecule has 0 saturated heterocycles. The largest absolute Gasteiger partial charge is 0.494 e. The molecule has 0 atom stereocenters. The van der Waals surface area contributed by atoms with Crippen LogP contribution in [0.5, 0.6) is 5.75 Å². The standard InChI is InChI=1S/C14H24OSSi/c1-5-15-14-9-7-6-8-13(14)12-16-10-11-17(2,3)4/h6-9H,5,10-12H2,1-4H3. The molecular weight excluding hydrogens is 244 g/mol. The van der Waals surface area contributed by atoms with Gasteiger partial charge >= 0.3 is 0 Å². The van der Waals surface area contributed by atoms with Crippen molar-refractivity contribution < 1.29 is 4.74 Å². The number of ether oxygens (including phenoxy) is 1. The molecular formula is C14H24OSSi. The Hall–Kier alpha value is -0.413. The molecule has 0 spiro atoms. The highest BCUT2D eigenvalue weighted by molar-refractivity contribution is 7.98. The molecule has 0 saturated carbocycles. The third-order valence-electron chi connectivity index (χ3n) is 2.53. The predicted molar refractivity (Wildman–Crippen MR) is 81.9 cm³/mol. The molecule has 0 bridgehead atoms. The maximum absolute atomic E-state index is 5.63. The Bertz CT molecular complexity index is 333. The van der Waals surface area contributed by atoms with Gasteiger partial charge in [-0.3, -0.25) is 0 Å². The maximum atomic E-state index is 5.63. The minimum atomic E-state index is -0.876. The summed E-state index contributed by atoms with van der Waals surface area (Å²) >= 11 is 2.03. The summed E-state index contributed by atoms with van der Waals surface area (Å²) in [5, 5.41) is 0. The van der Waals surface area contributed by atoms with Gasteiger partial charge in [0, 0.05) is 19.4 Å². The van der Waals surface area contributed by atoms with Gasteiger partial charge in [0.25, 0.3) is 0 Å². The quantitative estimate of drug-likeness (QED) is 0.525. The lowest BCUT2D eigenvalue weighted by Crippen LogP contribution is -2.19. The van der Waals surface area contributed by atoms with Crippen LogP contribution in [0, 0.1) is 0 Å². The Morgan fingerprint density at radius 3 is 2.53 bits per heavy atom. The van der Waals surface area contributed by atoms with Gasteiger partial charge in [-0.1, -0.05) is 37.8 Å². The van der Waals surface area contributed by atoms with E-state index in [1.54, 1.807) is 0 Å². The molecule has 0 aromatic heterocycles. The van der Waals surface area contributed by atoms with E-state index in [1.807, 2.05) is 24.8 Å². The van der Waals surface area contributed by atoms with Crippen LogP contribution in [0.4, 0.5) is 0 Å². The molecule has 17 heavy (non-hydrogen) atoms. The lowest BCUT2D eigenvalue weighted by molar-refractivity contribution is 0.337. The molecule has 0 heterocycles. The number of hydrogen-bond acceptors (Lipinski definition) is 2. The van der Waals surface area contributed by atoms with Crippen LogP contribution in [0.15, 0.2) is 24.3 Å². The highest BCUT2D eigenvalue weighted by atomic mass is 32.2. The van der Waals surface area contributed by atoms with Crippen molar-refractivity contribution in [2.24, 2.45) is 0 Å². The molecule has 0 radical (unpaired) electrons. The third-order valence-corrected chi connectivity index (χ3v) is 5.65. The minimum absolute atomic E-state index is 0.747. The van der Waals surface area contributed by atoms with E-state index < -0.39 is 8.07 Å². The fourth-order valence-electron chi connectivity index (χ4n) is 1.48. The second kappa shape index (κ2) is 7.12. The van der Waals surface area contributed by atoms with Crippen LogP contribution in [0.2, 0.25) is 25.7 Å². The van der Waals surface area contributed by atoms with Gasteiger partial charge in [0.05, 0.1) is 6.61 Å². The molecule has 0 aliphatic rings. The Labute approximate surface area is 111 Å². The molecule has 1 aromatic carbocycles. The van der Waals surface area contributed by atoms with Crippen molar-refractivity contribution in [2.75, 3.05) is 12.4 Å². The zero-order chi connectivity index (χ0) is 12.7. The summed E-state index contributed by atoms with van der Waals surface area (Å²) in [6.07, 6.45) is 0. The number of para-hydroxylation sites is 1. The van der Waals surface area contributed by atoms with Crippen molar-refractivity contribution in [2.45, 2.75) is 38.4 Å². The number of benzene rings is 1. The fourth-order valence-corrected chi connectivity index (χ4v) is 5.11. The summed E-state index contributed by atoms with van der Waals surface area (Å²) < 4.78 is 5.63. The van der Waals surface area contributed by atoms with E-state index in [4.69, 9.17) is 4.74 Å². The van der Waals surface area contributed by atoms with Crippen LogP contribution in [0.25, 0.3) is 0 Å². The van der Waals surface area contributed by atoms with E-state index in [1.165, 1.54) is 17.4 Å². The first-order valence-electron chi connectivity index (χ1n) is 6.31. The first kappa shape index (κ1) is 14.6. The molecule has 0 amide bonds. The van der Waals surface area contributed by atoms with Gasteiger partial charge in [-0.15, -0.1) is 0 Å². The van der Waals surface area contributed by atoms with Crippen LogP contribution < -0.4 is 4.74 Å². The van der Waals surface area contributed by atoms with Crippen LogP contribution in [0.1, 0.15) is 12.5 Å². The number of rotatable bonds is 7. The number of hydrogen-bond donors (Lipinski definition) is 0. The first-order valence-corrected chi connectivity index (χ1v) is 11.2. The van der Waals surface area contributed by atoms with Gasteiger partial charge in [0.2, 0.25) is 0 Å². The Morgan fingerprint density at radius 1 is 1.18 bits per heavy atom. The van der Waals surface area contributed by atoms with Crippen molar-refractivity contribution in [1.29, 1.82) is 0 Å². The van der Waals surface area contributed by atoms with E-state index in [2.05, 4.69) is 37.8 Å². The molecule has 0 N–H and O–H groups in total. The molecule has 1 nitrogen and oxygen atoms in total. The molecule has 1 rings (SSSR count). The molecule has 0 aliphatic carbocycles. The van der Waals surface area contributed by atoms with Crippen LogP contribution in [-0.4, -0.2) is 20.4 Å². The van der Waals surface area contributed by atoms with E-state index in [9.17, 15) is 0 Å². The van der Waals surface area contributed by atoms with E-state index in [0.29, 0.717) is 0 Å². The molecule has 0 unspecified atom stereocenters. The average Bonchev–Trinajstić information content (AvgIpc) is 2.25. The highest BCUT2D eigenvalue weighted by Crippen LogP contribution is 2.24. The molecule has 0 fully saturated rings. The SMILES string of the molecule is CCOc1ccccc1CSCC[Si](C)(C)C. The molecule has 1 aromatic rings. The summed E-state index contributed by atoms with van der Waals surface area (Å²) in [5.41, 5.74) is 1.33. The smallest absolute Gasteiger partial charge is 0.123 e. The Kier molecular flexibility index (Phi) is 6.13. The van der Waals surface area contributed by atoms with Gasteiger partial charge < -0.3 is 4.74 Å². The van der Waals surface area contributed by atoms with Crippen molar-refractivity contribution in [1.82, 2.24) is 0 Å². The minimum Gasteiger partial charge on any atom is -0.494 e. The Balaban J connectivity index is 2.41. The lowest BCUT2D eigenvalue weighted by Gasteiger charge is -2.15. The maximum Gasteiger partial charge on any atom is 0.123 e. The summed E-state index contributed by atoms with van der Waals surface area (Å²) in [4.78, 5) is 0. The van der Waals surface area contributed by atoms with Crippen molar-refractivity contribution in [3.8, 4) is 5.75 Å². The zero-order valence-corrected chi connectivity index (χ0v) is 13.3. The van der Waals surface area contributed by atoms with Gasteiger partial charge in [-0.05, 0) is 24.8 Å². The molecule has 3 heteroatoms. The first-order chi connectivity index (χ1) is 8.03. The molecule has 0 aliphatic heterocycles. The van der Waals surface area contributed by atoms with Gasteiger partial charge in [-0.2, -0.15) is 11.8 Å². The average molecular weight is 268 g/mol. The van der Waals surface area contributed by atoms with E-state index >= 15 is 0 Å².